The summed E-state index contributed by atoms with van der Waals surface area (Å²) in [7, 11) is 0. The third-order valence-corrected chi connectivity index (χ3v) is 3.94. The molecule has 6 heteroatoms. The molecule has 1 heterocycles. The molecule has 3 rings (SSSR count). The number of aromatic amines is 1. The van der Waals surface area contributed by atoms with Crippen LogP contribution in [0.1, 0.15) is 16.8 Å². The van der Waals surface area contributed by atoms with Crippen molar-refractivity contribution in [3.63, 3.8) is 0 Å². The monoisotopic (exact) mass is 349 g/mol. The van der Waals surface area contributed by atoms with Crippen molar-refractivity contribution in [2.75, 3.05) is 13.2 Å². The molecule has 0 aliphatic heterocycles. The number of nitrogens with zero attached hydrogens (tertiary/aromatic N) is 1. The number of aliphatic hydroxyl groups is 1. The van der Waals surface area contributed by atoms with E-state index in [9.17, 15) is 9.59 Å². The van der Waals surface area contributed by atoms with E-state index in [-0.39, 0.29) is 18.7 Å². The van der Waals surface area contributed by atoms with Gasteiger partial charge in [-0.25, -0.2) is 5.10 Å². The Kier molecular flexibility index (Phi) is 5.56. The molecule has 0 aliphatic rings. The van der Waals surface area contributed by atoms with Gasteiger partial charge in [0.1, 0.15) is 5.56 Å². The van der Waals surface area contributed by atoms with Crippen LogP contribution in [0, 0.1) is 0 Å². The summed E-state index contributed by atoms with van der Waals surface area (Å²) < 4.78 is 0. The Hall–Kier alpha value is -3.25. The van der Waals surface area contributed by atoms with Crippen LogP contribution >= 0.6 is 0 Å². The highest BCUT2D eigenvalue weighted by atomic mass is 16.3. The molecule has 0 bridgehead atoms. The topological polar surface area (TPSA) is 95.1 Å². The maximum atomic E-state index is 12.7. The molecule has 0 spiro atoms. The molecule has 26 heavy (non-hydrogen) atoms. The lowest BCUT2D eigenvalue weighted by molar-refractivity contribution is 0.0950. The standard InChI is InChI=1S/C20H19N3O3/c24-13-7-12-21-19(25)17-16(14-8-3-1-4-9-14)18(22-23-20(17)26)15-10-5-2-6-11-15/h1-6,8-11,24H,7,12-13H2,(H,21,25)(H,23,26). The SMILES string of the molecule is O=C(NCCCO)c1c(-c2ccccc2)c(-c2ccccc2)n[nH]c1=O. The fraction of sp³-hybridized carbons (Fsp3) is 0.150. The van der Waals surface area contributed by atoms with Gasteiger partial charge >= 0.3 is 0 Å². The lowest BCUT2D eigenvalue weighted by atomic mass is 9.95. The Bertz CT molecular complexity index is 938. The van der Waals surface area contributed by atoms with Crippen LogP contribution in [-0.4, -0.2) is 34.4 Å². The second kappa shape index (κ2) is 8.22. The average molecular weight is 349 g/mol. The van der Waals surface area contributed by atoms with Crippen LogP contribution in [0.5, 0.6) is 0 Å². The van der Waals surface area contributed by atoms with E-state index >= 15 is 0 Å². The lowest BCUT2D eigenvalue weighted by Gasteiger charge is -2.13. The summed E-state index contributed by atoms with van der Waals surface area (Å²) in [4.78, 5) is 25.1. The predicted octanol–water partition coefficient (Wildman–Crippen LogP) is 2.22. The minimum atomic E-state index is -0.551. The fourth-order valence-corrected chi connectivity index (χ4v) is 2.73. The minimum Gasteiger partial charge on any atom is -0.396 e. The average Bonchev–Trinajstić information content (AvgIpc) is 2.69. The number of carbonyl (C=O) groups is 1. The van der Waals surface area contributed by atoms with E-state index in [2.05, 4.69) is 15.5 Å². The zero-order valence-electron chi connectivity index (χ0n) is 14.1. The zero-order valence-corrected chi connectivity index (χ0v) is 14.1. The first kappa shape index (κ1) is 17.6. The molecule has 1 amide bonds. The molecule has 0 unspecified atom stereocenters. The van der Waals surface area contributed by atoms with Gasteiger partial charge in [0.15, 0.2) is 0 Å². The summed E-state index contributed by atoms with van der Waals surface area (Å²) in [5.41, 5.74) is 2.02. The maximum absolute atomic E-state index is 12.7. The number of aliphatic hydroxyl groups excluding tert-OH is 1. The van der Waals surface area contributed by atoms with Gasteiger partial charge in [0.2, 0.25) is 0 Å². The van der Waals surface area contributed by atoms with Crippen molar-refractivity contribution in [3.8, 4) is 22.4 Å². The van der Waals surface area contributed by atoms with Crippen molar-refractivity contribution in [1.29, 1.82) is 0 Å². The highest BCUT2D eigenvalue weighted by Gasteiger charge is 2.22. The van der Waals surface area contributed by atoms with Gasteiger partial charge in [-0.05, 0) is 12.0 Å². The van der Waals surface area contributed by atoms with Crippen molar-refractivity contribution in [2.45, 2.75) is 6.42 Å². The summed E-state index contributed by atoms with van der Waals surface area (Å²) >= 11 is 0. The Morgan fingerprint density at radius 2 is 1.62 bits per heavy atom. The Balaban J connectivity index is 2.20. The number of hydrogen-bond acceptors (Lipinski definition) is 4. The fourth-order valence-electron chi connectivity index (χ4n) is 2.73. The molecular formula is C20H19N3O3. The van der Waals surface area contributed by atoms with Gasteiger partial charge in [-0.15, -0.1) is 0 Å². The third kappa shape index (κ3) is 3.70. The molecule has 0 saturated carbocycles. The van der Waals surface area contributed by atoms with Gasteiger partial charge in [0.25, 0.3) is 11.5 Å². The molecule has 3 N–H and O–H groups in total. The third-order valence-electron chi connectivity index (χ3n) is 3.94. The van der Waals surface area contributed by atoms with Gasteiger partial charge < -0.3 is 10.4 Å². The minimum absolute atomic E-state index is 0.0167. The van der Waals surface area contributed by atoms with Crippen LogP contribution in [0.15, 0.2) is 65.5 Å². The number of rotatable bonds is 6. The largest absolute Gasteiger partial charge is 0.396 e. The molecule has 0 radical (unpaired) electrons. The number of H-pyrrole nitrogens is 1. The molecule has 0 fully saturated rings. The van der Waals surface area contributed by atoms with E-state index in [1.54, 1.807) is 0 Å². The van der Waals surface area contributed by atoms with Gasteiger partial charge in [-0.1, -0.05) is 60.7 Å². The number of aromatic nitrogens is 2. The van der Waals surface area contributed by atoms with Crippen LogP contribution in [0.4, 0.5) is 0 Å². The van der Waals surface area contributed by atoms with Crippen molar-refractivity contribution in [1.82, 2.24) is 15.5 Å². The van der Waals surface area contributed by atoms with Crippen molar-refractivity contribution >= 4 is 5.91 Å². The molecular weight excluding hydrogens is 330 g/mol. The van der Waals surface area contributed by atoms with Crippen LogP contribution in [0.25, 0.3) is 22.4 Å². The summed E-state index contributed by atoms with van der Waals surface area (Å²) in [6.45, 7) is 0.250. The molecule has 132 valence electrons. The molecule has 2 aromatic carbocycles. The summed E-state index contributed by atoms with van der Waals surface area (Å²) in [5, 5.41) is 18.2. The number of hydrogen-bond donors (Lipinski definition) is 3. The summed E-state index contributed by atoms with van der Waals surface area (Å²) in [5.74, 6) is -0.488. The van der Waals surface area contributed by atoms with Crippen molar-refractivity contribution in [3.05, 3.63) is 76.6 Å². The summed E-state index contributed by atoms with van der Waals surface area (Å²) in [6.07, 6.45) is 0.418. The van der Waals surface area contributed by atoms with E-state index < -0.39 is 11.5 Å². The second-order valence-electron chi connectivity index (χ2n) is 5.72. The highest BCUT2D eigenvalue weighted by molar-refractivity contribution is 6.03. The lowest BCUT2D eigenvalue weighted by Crippen LogP contribution is -2.32. The number of nitrogens with one attached hydrogen (secondary N) is 2. The number of amides is 1. The van der Waals surface area contributed by atoms with Crippen LogP contribution < -0.4 is 10.9 Å². The molecule has 6 nitrogen and oxygen atoms in total. The van der Waals surface area contributed by atoms with E-state index in [1.807, 2.05) is 60.7 Å². The maximum Gasteiger partial charge on any atom is 0.277 e. The predicted molar refractivity (Wildman–Crippen MR) is 99.8 cm³/mol. The smallest absolute Gasteiger partial charge is 0.277 e. The zero-order chi connectivity index (χ0) is 18.4. The first-order valence-corrected chi connectivity index (χ1v) is 8.35. The van der Waals surface area contributed by atoms with E-state index in [4.69, 9.17) is 5.11 Å². The van der Waals surface area contributed by atoms with Crippen molar-refractivity contribution < 1.29 is 9.90 Å². The molecule has 0 saturated heterocycles. The van der Waals surface area contributed by atoms with E-state index in [1.165, 1.54) is 0 Å². The Morgan fingerprint density at radius 3 is 2.23 bits per heavy atom. The molecule has 3 aromatic rings. The van der Waals surface area contributed by atoms with Crippen LogP contribution in [0.2, 0.25) is 0 Å². The van der Waals surface area contributed by atoms with Gasteiger partial charge in [0, 0.05) is 24.3 Å². The van der Waals surface area contributed by atoms with Crippen LogP contribution in [0.3, 0.4) is 0 Å². The Labute approximate surface area is 150 Å². The normalized spacial score (nSPS) is 10.5. The molecule has 1 aromatic heterocycles. The number of carbonyl (C=O) groups excluding carboxylic acids is 1. The Morgan fingerprint density at radius 1 is 1.00 bits per heavy atom. The van der Waals surface area contributed by atoms with E-state index in [0.29, 0.717) is 17.7 Å². The van der Waals surface area contributed by atoms with Crippen LogP contribution in [-0.2, 0) is 0 Å². The number of benzene rings is 2. The summed E-state index contributed by atoms with van der Waals surface area (Å²) in [6, 6.07) is 18.6. The van der Waals surface area contributed by atoms with Gasteiger partial charge in [-0.3, -0.25) is 9.59 Å². The molecule has 0 aliphatic carbocycles. The van der Waals surface area contributed by atoms with Gasteiger partial charge in [-0.2, -0.15) is 5.10 Å². The quantitative estimate of drug-likeness (QED) is 0.595. The second-order valence-corrected chi connectivity index (χ2v) is 5.72. The van der Waals surface area contributed by atoms with Gasteiger partial charge in [0.05, 0.1) is 5.69 Å². The van der Waals surface area contributed by atoms with E-state index in [0.717, 1.165) is 11.1 Å². The first-order valence-electron chi connectivity index (χ1n) is 8.35. The first-order chi connectivity index (χ1) is 12.7. The van der Waals surface area contributed by atoms with Crippen molar-refractivity contribution in [2.24, 2.45) is 0 Å². The highest BCUT2D eigenvalue weighted by Crippen LogP contribution is 2.31. The molecule has 0 atom stereocenters.